The third-order valence-corrected chi connectivity index (χ3v) is 8.90. The number of nitrogens with zero attached hydrogens (tertiary/aromatic N) is 1. The maximum atomic E-state index is 13.2. The maximum Gasteiger partial charge on any atom is 0.234 e. The Kier molecular flexibility index (Phi) is 18.6. The van der Waals surface area contributed by atoms with Crippen LogP contribution in [0, 0.1) is 0 Å². The lowest BCUT2D eigenvalue weighted by atomic mass is 9.99. The second kappa shape index (κ2) is 21.8. The van der Waals surface area contributed by atoms with Crippen molar-refractivity contribution in [2.45, 2.75) is 112 Å². The number of nitrogens with two attached hydrogens (primary N) is 1. The molecule has 3 fully saturated rings. The molecule has 0 saturated carbocycles. The van der Waals surface area contributed by atoms with Crippen molar-refractivity contribution in [1.29, 1.82) is 0 Å². The highest BCUT2D eigenvalue weighted by Crippen LogP contribution is 2.24. The lowest BCUT2D eigenvalue weighted by molar-refractivity contribution is -0.304. The van der Waals surface area contributed by atoms with Crippen molar-refractivity contribution < 1.29 is 99.0 Å². The van der Waals surface area contributed by atoms with E-state index in [-0.39, 0.29) is 26.2 Å². The third-order valence-electron chi connectivity index (χ3n) is 8.90. The first-order valence-electron chi connectivity index (χ1n) is 17.2. The molecule has 0 unspecified atom stereocenters. The summed E-state index contributed by atoms with van der Waals surface area (Å²) in [6.45, 7) is -2.69. The Labute approximate surface area is 308 Å². The fourth-order valence-corrected chi connectivity index (χ4v) is 5.78. The molecule has 16 atom stereocenters. The molecule has 15 N–H and O–H groups in total. The summed E-state index contributed by atoms with van der Waals surface area (Å²) in [6.07, 6.45) is -22.6. The van der Waals surface area contributed by atoms with Crippen LogP contribution in [0.2, 0.25) is 0 Å². The van der Waals surface area contributed by atoms with Crippen molar-refractivity contribution >= 4 is 17.7 Å². The van der Waals surface area contributed by atoms with Crippen LogP contribution in [-0.4, -0.2) is 236 Å². The van der Waals surface area contributed by atoms with Crippen LogP contribution in [0.1, 0.15) is 13.3 Å². The Balaban J connectivity index is 1.59. The largest absolute Gasteiger partial charge is 0.394 e. The number of carbonyl (C=O) groups excluding carboxylic acids is 3. The van der Waals surface area contributed by atoms with E-state index < -0.39 is 155 Å². The van der Waals surface area contributed by atoms with Crippen molar-refractivity contribution in [3.8, 4) is 0 Å². The number of hydrogen-bond acceptors (Lipinski definition) is 21. The lowest BCUT2D eigenvalue weighted by Gasteiger charge is -2.40. The van der Waals surface area contributed by atoms with Crippen molar-refractivity contribution in [2.24, 2.45) is 5.73 Å². The zero-order valence-electron chi connectivity index (χ0n) is 29.4. The van der Waals surface area contributed by atoms with Crippen LogP contribution < -0.4 is 16.4 Å². The molecule has 0 bridgehead atoms. The highest BCUT2D eigenvalue weighted by molar-refractivity contribution is 5.83. The van der Waals surface area contributed by atoms with E-state index >= 15 is 0 Å². The minimum atomic E-state index is -1.78. The normalized spacial score (nSPS) is 37.8. The molecule has 0 radical (unpaired) electrons. The van der Waals surface area contributed by atoms with E-state index in [2.05, 4.69) is 10.6 Å². The van der Waals surface area contributed by atoms with E-state index in [0.717, 1.165) is 4.90 Å². The van der Waals surface area contributed by atoms with Crippen LogP contribution in [0.3, 0.4) is 0 Å². The summed E-state index contributed by atoms with van der Waals surface area (Å²) in [6, 6.07) is -1.03. The second-order valence-corrected chi connectivity index (χ2v) is 13.2. The minimum Gasteiger partial charge on any atom is -0.394 e. The monoisotopic (exact) mass is 790 g/mol. The number of amides is 3. The van der Waals surface area contributed by atoms with E-state index in [9.17, 15) is 70.6 Å². The molecule has 3 amide bonds. The van der Waals surface area contributed by atoms with Gasteiger partial charge in [0, 0.05) is 6.54 Å². The Morgan fingerprint density at radius 3 is 1.67 bits per heavy atom. The van der Waals surface area contributed by atoms with Gasteiger partial charge >= 0.3 is 0 Å². The predicted molar refractivity (Wildman–Crippen MR) is 173 cm³/mol. The van der Waals surface area contributed by atoms with Crippen molar-refractivity contribution in [2.75, 3.05) is 59.2 Å². The Morgan fingerprint density at radius 2 is 1.13 bits per heavy atom. The molecular weight excluding hydrogens is 736 g/mol. The summed E-state index contributed by atoms with van der Waals surface area (Å²) in [5.74, 6) is -2.33. The molecule has 24 heteroatoms. The lowest BCUT2D eigenvalue weighted by Crippen LogP contribution is -2.60. The Morgan fingerprint density at radius 1 is 0.648 bits per heavy atom. The van der Waals surface area contributed by atoms with Crippen LogP contribution in [0.25, 0.3) is 0 Å². The van der Waals surface area contributed by atoms with Crippen LogP contribution in [0.15, 0.2) is 0 Å². The molecule has 3 rings (SSSR count). The van der Waals surface area contributed by atoms with E-state index in [1.54, 1.807) is 0 Å². The van der Waals surface area contributed by atoms with E-state index in [1.807, 2.05) is 0 Å². The molecule has 3 heterocycles. The SMILES string of the molecule is C[C@@H]1O[C@@H](OCCNC(=O)CN(CC(N)=O)CC(=O)N[C@H](CCO[C@H]2O[C@H](CO)[C@@H](O)[C@H](O)[C@@H]2O)CO[C@H]2O[C@H](CO)[C@@H](O)[C@H](O)[C@@H]2O)[C@@H](O)[C@H](O)[C@@H]1O. The summed E-state index contributed by atoms with van der Waals surface area (Å²) < 4.78 is 32.4. The number of hydrogen-bond donors (Lipinski definition) is 14. The molecule has 3 aliphatic heterocycles. The van der Waals surface area contributed by atoms with Crippen LogP contribution in [-0.2, 0) is 42.8 Å². The quantitative estimate of drug-likeness (QED) is 0.0509. The van der Waals surface area contributed by atoms with Crippen LogP contribution in [0.5, 0.6) is 0 Å². The number of aliphatic hydroxyl groups is 11. The first-order valence-corrected chi connectivity index (χ1v) is 17.2. The van der Waals surface area contributed by atoms with Gasteiger partial charge in [0.1, 0.15) is 67.1 Å². The Hall–Kier alpha value is -2.31. The number of rotatable bonds is 20. The number of aliphatic hydroxyl groups excluding tert-OH is 11. The minimum absolute atomic E-state index is 0.124. The standard InChI is InChI=1S/C30H54N4O20/c1-12-19(40)22(43)25(46)28(52-12)50-5-3-32-17(38)7-34(6-16(31)37)8-18(39)33-13(11-51-30-27(48)24(45)21(42)15(10-36)54-30)2-4-49-29-26(47)23(44)20(41)14(9-35)53-29/h12-15,19-30,35-36,40-48H,2-11H2,1H3,(H2,31,37)(H,32,38)(H,33,39)/t12-,13+,14+,15+,19+,20+,21+,22+,23-,24-,25-,26-,27-,28+,29-,30-/m0/s1. The molecule has 0 aromatic heterocycles. The molecular formula is C30H54N4O20. The zero-order valence-corrected chi connectivity index (χ0v) is 29.4. The second-order valence-electron chi connectivity index (χ2n) is 13.2. The molecule has 3 aliphatic rings. The molecule has 314 valence electrons. The molecule has 24 nitrogen and oxygen atoms in total. The van der Waals surface area contributed by atoms with Gasteiger partial charge in [0.25, 0.3) is 0 Å². The zero-order chi connectivity index (χ0) is 40.3. The van der Waals surface area contributed by atoms with Gasteiger partial charge in [0.2, 0.25) is 17.7 Å². The molecule has 0 aliphatic carbocycles. The van der Waals surface area contributed by atoms with Gasteiger partial charge in [-0.1, -0.05) is 0 Å². The van der Waals surface area contributed by atoms with Crippen LogP contribution >= 0.6 is 0 Å². The van der Waals surface area contributed by atoms with E-state index in [4.69, 9.17) is 34.2 Å². The number of primary amides is 1. The van der Waals surface area contributed by atoms with Crippen LogP contribution in [0.4, 0.5) is 0 Å². The van der Waals surface area contributed by atoms with Crippen molar-refractivity contribution in [3.05, 3.63) is 0 Å². The van der Waals surface area contributed by atoms with Gasteiger partial charge in [-0.25, -0.2) is 0 Å². The van der Waals surface area contributed by atoms with Gasteiger partial charge < -0.3 is 101 Å². The summed E-state index contributed by atoms with van der Waals surface area (Å²) in [5, 5.41) is 115. The van der Waals surface area contributed by atoms with Crippen molar-refractivity contribution in [1.82, 2.24) is 15.5 Å². The highest BCUT2D eigenvalue weighted by atomic mass is 16.7. The summed E-state index contributed by atoms with van der Waals surface area (Å²) in [4.78, 5) is 38.7. The van der Waals surface area contributed by atoms with Gasteiger partial charge in [-0.05, 0) is 13.3 Å². The average molecular weight is 791 g/mol. The summed E-state index contributed by atoms with van der Waals surface area (Å²) in [7, 11) is 0. The van der Waals surface area contributed by atoms with E-state index in [0.29, 0.717) is 0 Å². The smallest absolute Gasteiger partial charge is 0.234 e. The maximum absolute atomic E-state index is 13.2. The molecule has 0 aromatic rings. The molecule has 0 spiro atoms. The average Bonchev–Trinajstić information content (AvgIpc) is 3.12. The highest BCUT2D eigenvalue weighted by Gasteiger charge is 2.46. The van der Waals surface area contributed by atoms with E-state index in [1.165, 1.54) is 6.92 Å². The summed E-state index contributed by atoms with van der Waals surface area (Å²) in [5.41, 5.74) is 5.32. The van der Waals surface area contributed by atoms with Gasteiger partial charge in [-0.3, -0.25) is 19.3 Å². The number of carbonyl (C=O) groups is 3. The van der Waals surface area contributed by atoms with Gasteiger partial charge in [-0.2, -0.15) is 0 Å². The number of nitrogens with one attached hydrogen (secondary N) is 2. The fraction of sp³-hybridized carbons (Fsp3) is 0.900. The molecule has 3 saturated heterocycles. The fourth-order valence-electron chi connectivity index (χ4n) is 5.78. The first kappa shape index (κ1) is 46.1. The van der Waals surface area contributed by atoms with Gasteiger partial charge in [0.15, 0.2) is 18.9 Å². The topological polar surface area (TPSA) is 382 Å². The van der Waals surface area contributed by atoms with Gasteiger partial charge in [0.05, 0.1) is 64.8 Å². The predicted octanol–water partition coefficient (Wildman–Crippen LogP) is -9.76. The number of ether oxygens (including phenoxy) is 6. The molecule has 54 heavy (non-hydrogen) atoms. The Bertz CT molecular complexity index is 1170. The first-order chi connectivity index (χ1) is 25.5. The molecule has 0 aromatic carbocycles. The van der Waals surface area contributed by atoms with Gasteiger partial charge in [-0.15, -0.1) is 0 Å². The third kappa shape index (κ3) is 12.9. The van der Waals surface area contributed by atoms with Crippen molar-refractivity contribution in [3.63, 3.8) is 0 Å². The summed E-state index contributed by atoms with van der Waals surface area (Å²) >= 11 is 0.